The third-order valence-electron chi connectivity index (χ3n) is 3.67. The van der Waals surface area contributed by atoms with E-state index >= 15 is 0 Å². The molecule has 0 amide bonds. The van der Waals surface area contributed by atoms with Gasteiger partial charge in [0, 0.05) is 20.1 Å². The fourth-order valence-corrected chi connectivity index (χ4v) is 2.73. The zero-order chi connectivity index (χ0) is 13.0. The summed E-state index contributed by atoms with van der Waals surface area (Å²) < 4.78 is 5.19. The smallest absolute Gasteiger partial charge is 0.266 e. The van der Waals surface area contributed by atoms with E-state index in [2.05, 4.69) is 10.4 Å². The Balaban J connectivity index is 2.04. The minimum Gasteiger partial charge on any atom is -0.383 e. The molecule has 2 aliphatic rings. The highest BCUT2D eigenvalue weighted by Crippen LogP contribution is 2.25. The van der Waals surface area contributed by atoms with Crippen molar-refractivity contribution in [3.63, 3.8) is 0 Å². The van der Waals surface area contributed by atoms with Crippen LogP contribution in [-0.4, -0.2) is 36.2 Å². The average molecular weight is 255 g/mol. The molecule has 1 fully saturated rings. The van der Waals surface area contributed by atoms with Gasteiger partial charge in [-0.3, -0.25) is 10.1 Å². The van der Waals surface area contributed by atoms with Gasteiger partial charge < -0.3 is 10.2 Å². The van der Waals surface area contributed by atoms with Gasteiger partial charge in [-0.05, 0) is 32.1 Å². The predicted octanol–water partition coefficient (Wildman–Crippen LogP) is 1.66. The van der Waals surface area contributed by atoms with Gasteiger partial charge in [-0.1, -0.05) is 0 Å². The van der Waals surface area contributed by atoms with Crippen molar-refractivity contribution in [2.75, 3.05) is 20.3 Å². The fourth-order valence-electron chi connectivity index (χ4n) is 2.73. The zero-order valence-corrected chi connectivity index (χ0v) is 10.9. The molecular weight excluding hydrogens is 234 g/mol. The van der Waals surface area contributed by atoms with E-state index in [1.165, 1.54) is 0 Å². The monoisotopic (exact) mass is 255 g/mol. The van der Waals surface area contributed by atoms with Crippen molar-refractivity contribution in [2.24, 2.45) is 0 Å². The maximum Gasteiger partial charge on any atom is 0.266 e. The second kappa shape index (κ2) is 6.15. The SMILES string of the molecule is COC[C@@H]1CCCN1NC1=C([N+](=O)[O-])CCCC1. The number of hydrogen-bond acceptors (Lipinski definition) is 5. The van der Waals surface area contributed by atoms with Crippen LogP contribution in [0.25, 0.3) is 0 Å². The Morgan fingerprint density at radius 1 is 1.44 bits per heavy atom. The van der Waals surface area contributed by atoms with E-state index < -0.39 is 0 Å². The number of hydrazine groups is 1. The molecular formula is C12H21N3O3. The van der Waals surface area contributed by atoms with E-state index in [1.54, 1.807) is 7.11 Å². The third kappa shape index (κ3) is 3.00. The van der Waals surface area contributed by atoms with Gasteiger partial charge in [0.05, 0.1) is 23.3 Å². The van der Waals surface area contributed by atoms with Crippen LogP contribution in [0.4, 0.5) is 0 Å². The molecule has 0 unspecified atom stereocenters. The zero-order valence-electron chi connectivity index (χ0n) is 10.9. The Kier molecular flexibility index (Phi) is 4.54. The second-order valence-electron chi connectivity index (χ2n) is 4.95. The summed E-state index contributed by atoms with van der Waals surface area (Å²) in [5.41, 5.74) is 4.44. The second-order valence-corrected chi connectivity index (χ2v) is 4.95. The molecule has 6 nitrogen and oxygen atoms in total. The topological polar surface area (TPSA) is 67.6 Å². The molecule has 0 bridgehead atoms. The Hall–Kier alpha value is -1.14. The molecule has 0 aromatic heterocycles. The van der Waals surface area contributed by atoms with E-state index in [1.807, 2.05) is 0 Å². The van der Waals surface area contributed by atoms with Gasteiger partial charge in [0.2, 0.25) is 0 Å². The molecule has 1 saturated heterocycles. The Morgan fingerprint density at radius 3 is 2.94 bits per heavy atom. The van der Waals surface area contributed by atoms with Crippen LogP contribution in [0.1, 0.15) is 38.5 Å². The molecule has 0 saturated carbocycles. The summed E-state index contributed by atoms with van der Waals surface area (Å²) in [7, 11) is 1.69. The van der Waals surface area contributed by atoms with Gasteiger partial charge in [-0.2, -0.15) is 0 Å². The van der Waals surface area contributed by atoms with Crippen LogP contribution < -0.4 is 5.43 Å². The highest BCUT2D eigenvalue weighted by molar-refractivity contribution is 5.09. The van der Waals surface area contributed by atoms with Gasteiger partial charge in [0.1, 0.15) is 0 Å². The molecule has 0 spiro atoms. The molecule has 2 rings (SSSR count). The third-order valence-corrected chi connectivity index (χ3v) is 3.67. The summed E-state index contributed by atoms with van der Waals surface area (Å²) in [6.07, 6.45) is 5.51. The van der Waals surface area contributed by atoms with Crippen molar-refractivity contribution >= 4 is 0 Å². The lowest BCUT2D eigenvalue weighted by Gasteiger charge is -2.28. The van der Waals surface area contributed by atoms with E-state index in [4.69, 9.17) is 4.74 Å². The molecule has 1 N–H and O–H groups in total. The number of nitrogens with zero attached hydrogens (tertiary/aromatic N) is 2. The maximum absolute atomic E-state index is 11.0. The lowest BCUT2D eigenvalue weighted by molar-refractivity contribution is -0.430. The first-order valence-electron chi connectivity index (χ1n) is 6.61. The molecule has 1 atom stereocenters. The number of rotatable bonds is 5. The van der Waals surface area contributed by atoms with E-state index in [9.17, 15) is 10.1 Å². The number of allylic oxidation sites excluding steroid dienone is 2. The van der Waals surface area contributed by atoms with Crippen molar-refractivity contribution in [1.82, 2.24) is 10.4 Å². The first kappa shape index (κ1) is 13.3. The molecule has 0 radical (unpaired) electrons. The molecule has 6 heteroatoms. The molecule has 1 heterocycles. The predicted molar refractivity (Wildman–Crippen MR) is 67.2 cm³/mol. The Bertz CT molecular complexity index is 343. The summed E-state index contributed by atoms with van der Waals surface area (Å²) >= 11 is 0. The van der Waals surface area contributed by atoms with E-state index in [-0.39, 0.29) is 4.92 Å². The molecule has 0 aromatic rings. The van der Waals surface area contributed by atoms with Crippen LogP contribution in [0.5, 0.6) is 0 Å². The highest BCUT2D eigenvalue weighted by atomic mass is 16.6. The standard InChI is InChI=1S/C12H21N3O3/c1-18-9-10-5-4-8-14(10)13-11-6-2-3-7-12(11)15(16)17/h10,13H,2-9H2,1H3/t10-/m0/s1. The quantitative estimate of drug-likeness (QED) is 0.598. The highest BCUT2D eigenvalue weighted by Gasteiger charge is 2.29. The summed E-state index contributed by atoms with van der Waals surface area (Å²) in [5.74, 6) is 0. The maximum atomic E-state index is 11.0. The van der Waals surface area contributed by atoms with Crippen molar-refractivity contribution in [3.05, 3.63) is 21.5 Å². The average Bonchev–Trinajstić information content (AvgIpc) is 2.78. The number of hydrogen-bond donors (Lipinski definition) is 1. The van der Waals surface area contributed by atoms with Gasteiger partial charge in [-0.15, -0.1) is 0 Å². The summed E-state index contributed by atoms with van der Waals surface area (Å²) in [4.78, 5) is 10.8. The Morgan fingerprint density at radius 2 is 2.22 bits per heavy atom. The minimum atomic E-state index is -0.233. The van der Waals surface area contributed by atoms with Crippen molar-refractivity contribution < 1.29 is 9.66 Å². The first-order chi connectivity index (χ1) is 8.72. The van der Waals surface area contributed by atoms with Gasteiger partial charge in [-0.25, -0.2) is 5.01 Å². The van der Waals surface area contributed by atoms with Crippen LogP contribution in [0.3, 0.4) is 0 Å². The molecule has 102 valence electrons. The summed E-state index contributed by atoms with van der Waals surface area (Å²) in [5, 5.41) is 13.1. The molecule has 1 aliphatic carbocycles. The van der Waals surface area contributed by atoms with Gasteiger partial charge in [0.15, 0.2) is 0 Å². The molecule has 18 heavy (non-hydrogen) atoms. The summed E-state index contributed by atoms with van der Waals surface area (Å²) in [6.45, 7) is 1.61. The lowest BCUT2D eigenvalue weighted by atomic mass is 10.0. The van der Waals surface area contributed by atoms with Crippen molar-refractivity contribution in [3.8, 4) is 0 Å². The van der Waals surface area contributed by atoms with E-state index in [0.29, 0.717) is 24.8 Å². The normalized spacial score (nSPS) is 25.5. The first-order valence-corrected chi connectivity index (χ1v) is 6.61. The van der Waals surface area contributed by atoms with Crippen LogP contribution in [0, 0.1) is 10.1 Å². The van der Waals surface area contributed by atoms with Crippen LogP contribution in [0.2, 0.25) is 0 Å². The van der Waals surface area contributed by atoms with Crippen LogP contribution in [-0.2, 0) is 4.74 Å². The summed E-state index contributed by atoms with van der Waals surface area (Å²) in [6, 6.07) is 0.331. The number of methoxy groups -OCH3 is 1. The van der Waals surface area contributed by atoms with Crippen LogP contribution in [0.15, 0.2) is 11.4 Å². The number of ether oxygens (including phenoxy) is 1. The van der Waals surface area contributed by atoms with Crippen LogP contribution >= 0.6 is 0 Å². The van der Waals surface area contributed by atoms with Gasteiger partial charge in [0.25, 0.3) is 5.70 Å². The van der Waals surface area contributed by atoms with Crippen molar-refractivity contribution in [1.29, 1.82) is 0 Å². The van der Waals surface area contributed by atoms with Gasteiger partial charge >= 0.3 is 0 Å². The minimum absolute atomic E-state index is 0.233. The largest absolute Gasteiger partial charge is 0.383 e. The molecule has 0 aromatic carbocycles. The lowest BCUT2D eigenvalue weighted by Crippen LogP contribution is -2.44. The number of nitrogens with one attached hydrogen (secondary N) is 1. The Labute approximate surface area is 107 Å². The fraction of sp³-hybridized carbons (Fsp3) is 0.833. The van der Waals surface area contributed by atoms with E-state index in [0.717, 1.165) is 44.3 Å². The molecule has 1 aliphatic heterocycles. The van der Waals surface area contributed by atoms with Crippen molar-refractivity contribution in [2.45, 2.75) is 44.6 Å². The number of nitro groups is 1.